The van der Waals surface area contributed by atoms with E-state index in [0.717, 1.165) is 18.2 Å². The Labute approximate surface area is 242 Å². The fourth-order valence-corrected chi connectivity index (χ4v) is 5.36. The lowest BCUT2D eigenvalue weighted by Gasteiger charge is -2.32. The van der Waals surface area contributed by atoms with Gasteiger partial charge in [-0.2, -0.15) is 0 Å². The molecule has 2 unspecified atom stereocenters. The number of rotatable bonds is 15. The molecule has 0 aliphatic carbocycles. The van der Waals surface area contributed by atoms with Crippen LogP contribution in [0.5, 0.6) is 5.75 Å². The number of carbonyl (C=O) groups excluding carboxylic acids is 2. The van der Waals surface area contributed by atoms with E-state index in [1.54, 1.807) is 47.4 Å². The number of sulfonamides is 1. The van der Waals surface area contributed by atoms with Crippen LogP contribution < -0.4 is 14.4 Å². The van der Waals surface area contributed by atoms with Crippen molar-refractivity contribution in [3.05, 3.63) is 58.1 Å². The Bertz CT molecular complexity index is 1210. The summed E-state index contributed by atoms with van der Waals surface area (Å²) < 4.78 is 31.8. The third kappa shape index (κ3) is 9.89. The molecule has 0 aromatic heterocycles. The molecule has 2 amide bonds. The number of nitrogens with zero attached hydrogens (tertiary/aromatic N) is 2. The number of anilines is 1. The Morgan fingerprint density at radius 3 is 2.21 bits per heavy atom. The number of ether oxygens (including phenoxy) is 1. The van der Waals surface area contributed by atoms with Crippen LogP contribution in [0, 0.1) is 0 Å². The maximum atomic E-state index is 13.5. The third-order valence-corrected chi connectivity index (χ3v) is 8.24. The van der Waals surface area contributed by atoms with E-state index in [1.807, 2.05) is 27.7 Å². The Balaban J connectivity index is 2.24. The first-order chi connectivity index (χ1) is 18.4. The molecule has 8 nitrogen and oxygen atoms in total. The van der Waals surface area contributed by atoms with Crippen LogP contribution in [-0.4, -0.2) is 56.6 Å². The van der Waals surface area contributed by atoms with Crippen molar-refractivity contribution in [3.63, 3.8) is 0 Å². The summed E-state index contributed by atoms with van der Waals surface area (Å²) in [7, 11) is -3.59. The zero-order valence-corrected chi connectivity index (χ0v) is 25.6. The normalized spacial score (nSPS) is 12.9. The molecule has 0 saturated carbocycles. The first-order valence-electron chi connectivity index (χ1n) is 13.2. The van der Waals surface area contributed by atoms with Crippen molar-refractivity contribution in [2.45, 2.75) is 72.0 Å². The van der Waals surface area contributed by atoms with E-state index in [0.29, 0.717) is 34.5 Å². The average Bonchev–Trinajstić information content (AvgIpc) is 2.88. The zero-order chi connectivity index (χ0) is 29.2. The Hall–Kier alpha value is -2.49. The molecule has 2 rings (SSSR count). The van der Waals surface area contributed by atoms with E-state index in [4.69, 9.17) is 27.9 Å². The molecule has 0 spiro atoms. The molecule has 0 aliphatic rings. The molecule has 2 aromatic carbocycles. The van der Waals surface area contributed by atoms with Crippen LogP contribution >= 0.6 is 23.2 Å². The molecule has 216 valence electrons. The van der Waals surface area contributed by atoms with Crippen LogP contribution in [0.3, 0.4) is 0 Å². The van der Waals surface area contributed by atoms with Gasteiger partial charge < -0.3 is 15.0 Å². The predicted octanol–water partition coefficient (Wildman–Crippen LogP) is 5.66. The minimum absolute atomic E-state index is 0.0362. The largest absolute Gasteiger partial charge is 0.494 e. The molecule has 1 N–H and O–H groups in total. The maximum absolute atomic E-state index is 13.5. The monoisotopic (exact) mass is 599 g/mol. The number of carbonyl (C=O) groups is 2. The van der Waals surface area contributed by atoms with Crippen LogP contribution in [0.2, 0.25) is 10.0 Å². The fraction of sp³-hybridized carbons (Fsp3) is 0.500. The van der Waals surface area contributed by atoms with Crippen molar-refractivity contribution in [1.82, 2.24) is 10.2 Å². The molecular weight excluding hydrogens is 561 g/mol. The summed E-state index contributed by atoms with van der Waals surface area (Å²) in [4.78, 5) is 28.2. The van der Waals surface area contributed by atoms with Crippen molar-refractivity contribution >= 4 is 50.7 Å². The molecule has 0 saturated heterocycles. The van der Waals surface area contributed by atoms with E-state index < -0.39 is 16.1 Å². The third-order valence-electron chi connectivity index (χ3n) is 6.31. The topological polar surface area (TPSA) is 96.0 Å². The van der Waals surface area contributed by atoms with Crippen molar-refractivity contribution in [1.29, 1.82) is 0 Å². The van der Waals surface area contributed by atoms with Crippen LogP contribution in [0.25, 0.3) is 0 Å². The average molecular weight is 601 g/mol. The number of halogens is 2. The lowest BCUT2D eigenvalue weighted by atomic mass is 10.1. The van der Waals surface area contributed by atoms with E-state index in [1.165, 1.54) is 4.31 Å². The first-order valence-corrected chi connectivity index (χ1v) is 15.8. The fourth-order valence-electron chi connectivity index (χ4n) is 4.07. The molecule has 2 atom stereocenters. The van der Waals surface area contributed by atoms with Gasteiger partial charge in [-0.25, -0.2) is 8.42 Å². The summed E-state index contributed by atoms with van der Waals surface area (Å²) in [5.74, 6) is 0.156. The smallest absolute Gasteiger partial charge is 0.243 e. The highest BCUT2D eigenvalue weighted by atomic mass is 35.5. The van der Waals surface area contributed by atoms with E-state index in [9.17, 15) is 18.0 Å². The summed E-state index contributed by atoms with van der Waals surface area (Å²) in [6.07, 6.45) is 2.62. The van der Waals surface area contributed by atoms with Gasteiger partial charge in [0, 0.05) is 25.6 Å². The maximum Gasteiger partial charge on any atom is 0.243 e. The minimum atomic E-state index is -3.59. The Morgan fingerprint density at radius 1 is 1.00 bits per heavy atom. The number of amides is 2. The highest BCUT2D eigenvalue weighted by Crippen LogP contribution is 2.25. The van der Waals surface area contributed by atoms with Gasteiger partial charge in [0.25, 0.3) is 0 Å². The van der Waals surface area contributed by atoms with Gasteiger partial charge in [0.05, 0.1) is 28.6 Å². The van der Waals surface area contributed by atoms with Crippen LogP contribution in [0.4, 0.5) is 5.69 Å². The highest BCUT2D eigenvalue weighted by molar-refractivity contribution is 7.92. The SMILES string of the molecule is CCOc1ccc(N(CCCC(=O)N(Cc2ccc(Cl)c(Cl)c2)C(CC)C(=O)NC(C)CC)S(C)(=O)=O)cc1. The predicted molar refractivity (Wildman–Crippen MR) is 158 cm³/mol. The number of hydrogen-bond acceptors (Lipinski definition) is 5. The van der Waals surface area contributed by atoms with Crippen LogP contribution in [0.1, 0.15) is 58.9 Å². The lowest BCUT2D eigenvalue weighted by molar-refractivity contribution is -0.141. The molecular formula is C28H39Cl2N3O5S. The highest BCUT2D eigenvalue weighted by Gasteiger charge is 2.29. The van der Waals surface area contributed by atoms with Gasteiger partial charge in [0.2, 0.25) is 21.8 Å². The standard InChI is InChI=1S/C28H39Cl2N3O5S/c1-6-20(4)31-28(35)26(7-2)32(19-21-11-16-24(29)25(30)18-21)27(34)10-9-17-33(39(5,36)37)22-12-14-23(15-13-22)38-8-3/h11-16,18,20,26H,6-10,17,19H2,1-5H3,(H,31,35). The Morgan fingerprint density at radius 2 is 1.67 bits per heavy atom. The van der Waals surface area contributed by atoms with E-state index >= 15 is 0 Å². The summed E-state index contributed by atoms with van der Waals surface area (Å²) in [5.41, 5.74) is 1.22. The molecule has 0 bridgehead atoms. The van der Waals surface area contributed by atoms with E-state index in [2.05, 4.69) is 5.32 Å². The second-order valence-electron chi connectivity index (χ2n) is 9.38. The second-order valence-corrected chi connectivity index (χ2v) is 12.1. The zero-order valence-electron chi connectivity index (χ0n) is 23.2. The molecule has 2 aromatic rings. The second kappa shape index (κ2) is 15.3. The van der Waals surface area contributed by atoms with Crippen molar-refractivity contribution in [2.24, 2.45) is 0 Å². The van der Waals surface area contributed by atoms with Crippen molar-refractivity contribution < 1.29 is 22.7 Å². The first kappa shape index (κ1) is 32.7. The Kier molecular flexibility index (Phi) is 12.9. The van der Waals surface area contributed by atoms with Gasteiger partial charge in [-0.05, 0) is 75.1 Å². The van der Waals surface area contributed by atoms with Gasteiger partial charge in [0.1, 0.15) is 11.8 Å². The minimum Gasteiger partial charge on any atom is -0.494 e. The van der Waals surface area contributed by atoms with Crippen LogP contribution in [0.15, 0.2) is 42.5 Å². The van der Waals surface area contributed by atoms with Gasteiger partial charge in [-0.1, -0.05) is 43.1 Å². The number of hydrogen-bond donors (Lipinski definition) is 1. The van der Waals surface area contributed by atoms with Gasteiger partial charge in [-0.3, -0.25) is 13.9 Å². The molecule has 0 fully saturated rings. The number of nitrogens with one attached hydrogen (secondary N) is 1. The summed E-state index contributed by atoms with van der Waals surface area (Å²) in [6, 6.07) is 11.2. The van der Waals surface area contributed by atoms with E-state index in [-0.39, 0.29) is 43.8 Å². The van der Waals surface area contributed by atoms with Gasteiger partial charge in [0.15, 0.2) is 0 Å². The lowest BCUT2D eigenvalue weighted by Crippen LogP contribution is -2.50. The van der Waals surface area contributed by atoms with Crippen LogP contribution in [-0.2, 0) is 26.2 Å². The number of benzene rings is 2. The summed E-state index contributed by atoms with van der Waals surface area (Å²) >= 11 is 12.3. The van der Waals surface area contributed by atoms with Crippen molar-refractivity contribution in [3.8, 4) is 5.75 Å². The molecule has 0 heterocycles. The molecule has 0 radical (unpaired) electrons. The summed E-state index contributed by atoms with van der Waals surface area (Å²) in [5, 5.41) is 3.73. The van der Waals surface area contributed by atoms with Gasteiger partial charge >= 0.3 is 0 Å². The molecule has 39 heavy (non-hydrogen) atoms. The molecule has 0 aliphatic heterocycles. The van der Waals surface area contributed by atoms with Crippen molar-refractivity contribution in [2.75, 3.05) is 23.7 Å². The summed E-state index contributed by atoms with van der Waals surface area (Å²) in [6.45, 7) is 8.39. The quantitative estimate of drug-likeness (QED) is 0.285. The van der Waals surface area contributed by atoms with Gasteiger partial charge in [-0.15, -0.1) is 0 Å². The molecule has 11 heteroatoms.